The maximum Gasteiger partial charge on any atom is 0.241 e. The monoisotopic (exact) mass is 277 g/mol. The fourth-order valence-electron chi connectivity index (χ4n) is 1.24. The molecule has 0 aliphatic carbocycles. The number of aliphatic hydroxyl groups excluding tert-OH is 2. The standard InChI is InChI=1S/C11H16FNO4S/c1-8-3-4-9(5-10(8)12)18(16,17)13-11(2,6-14)7-15/h3-5,13-15H,6-7H2,1-2H3. The summed E-state index contributed by atoms with van der Waals surface area (Å²) in [5, 5.41) is 18.1. The molecule has 0 fully saturated rings. The van der Waals surface area contributed by atoms with Crippen molar-refractivity contribution in [3.05, 3.63) is 29.6 Å². The average molecular weight is 277 g/mol. The van der Waals surface area contributed by atoms with Crippen molar-refractivity contribution in [2.24, 2.45) is 0 Å². The smallest absolute Gasteiger partial charge is 0.241 e. The van der Waals surface area contributed by atoms with Crippen LogP contribution in [0.2, 0.25) is 0 Å². The summed E-state index contributed by atoms with van der Waals surface area (Å²) in [5.74, 6) is -0.632. The molecule has 0 radical (unpaired) electrons. The molecule has 0 aromatic heterocycles. The van der Waals surface area contributed by atoms with Crippen molar-refractivity contribution in [1.29, 1.82) is 0 Å². The van der Waals surface area contributed by atoms with Gasteiger partial charge in [0.1, 0.15) is 5.82 Å². The van der Waals surface area contributed by atoms with Crippen LogP contribution in [0.25, 0.3) is 0 Å². The summed E-state index contributed by atoms with van der Waals surface area (Å²) in [6.07, 6.45) is 0. The second-order valence-electron chi connectivity index (χ2n) is 4.39. The Morgan fingerprint density at radius 1 is 1.33 bits per heavy atom. The third-order valence-electron chi connectivity index (χ3n) is 2.53. The van der Waals surface area contributed by atoms with Crippen molar-refractivity contribution in [3.63, 3.8) is 0 Å². The minimum absolute atomic E-state index is 0.251. The number of halogens is 1. The Bertz CT molecular complexity index is 526. The summed E-state index contributed by atoms with van der Waals surface area (Å²) >= 11 is 0. The minimum Gasteiger partial charge on any atom is -0.394 e. The number of sulfonamides is 1. The molecule has 0 amide bonds. The molecule has 0 atom stereocenters. The predicted molar refractivity (Wildman–Crippen MR) is 64.0 cm³/mol. The van der Waals surface area contributed by atoms with Gasteiger partial charge in [-0.2, -0.15) is 0 Å². The number of rotatable bonds is 5. The van der Waals surface area contributed by atoms with Gasteiger partial charge in [-0.1, -0.05) is 6.07 Å². The van der Waals surface area contributed by atoms with Crippen LogP contribution >= 0.6 is 0 Å². The Balaban J connectivity index is 3.10. The lowest BCUT2D eigenvalue weighted by atomic mass is 10.1. The number of nitrogens with one attached hydrogen (secondary N) is 1. The van der Waals surface area contributed by atoms with Crippen LogP contribution in [0.4, 0.5) is 4.39 Å². The molecule has 0 aliphatic rings. The molecule has 0 aliphatic heterocycles. The molecule has 0 unspecified atom stereocenters. The molecule has 3 N–H and O–H groups in total. The van der Waals surface area contributed by atoms with Crippen LogP contribution < -0.4 is 4.72 Å². The van der Waals surface area contributed by atoms with Crippen molar-refractivity contribution >= 4 is 10.0 Å². The van der Waals surface area contributed by atoms with Crippen molar-refractivity contribution in [3.8, 4) is 0 Å². The molecule has 0 saturated heterocycles. The topological polar surface area (TPSA) is 86.6 Å². The van der Waals surface area contributed by atoms with E-state index in [1.54, 1.807) is 0 Å². The molecule has 5 nitrogen and oxygen atoms in total. The molecule has 1 aromatic rings. The van der Waals surface area contributed by atoms with Gasteiger partial charge in [0.25, 0.3) is 0 Å². The van der Waals surface area contributed by atoms with Gasteiger partial charge in [0.05, 0.1) is 23.6 Å². The molecule has 1 aromatic carbocycles. The highest BCUT2D eigenvalue weighted by atomic mass is 32.2. The van der Waals surface area contributed by atoms with Gasteiger partial charge in [-0.25, -0.2) is 17.5 Å². The van der Waals surface area contributed by atoms with Crippen LogP contribution in [0.5, 0.6) is 0 Å². The van der Waals surface area contributed by atoms with Gasteiger partial charge in [-0.3, -0.25) is 0 Å². The highest BCUT2D eigenvalue weighted by Gasteiger charge is 2.29. The summed E-state index contributed by atoms with van der Waals surface area (Å²) in [7, 11) is -3.99. The maximum atomic E-state index is 13.3. The Kier molecular flexibility index (Phi) is 4.44. The number of aliphatic hydroxyl groups is 2. The number of benzene rings is 1. The van der Waals surface area contributed by atoms with E-state index in [9.17, 15) is 12.8 Å². The van der Waals surface area contributed by atoms with E-state index in [1.807, 2.05) is 0 Å². The fourth-order valence-corrected chi connectivity index (χ4v) is 2.64. The third-order valence-corrected chi connectivity index (χ3v) is 4.17. The van der Waals surface area contributed by atoms with Crippen LogP contribution in [-0.2, 0) is 10.0 Å². The molecule has 0 bridgehead atoms. The maximum absolute atomic E-state index is 13.3. The predicted octanol–water partition coefficient (Wildman–Crippen LogP) is 0.156. The van der Waals surface area contributed by atoms with Gasteiger partial charge in [0, 0.05) is 0 Å². The zero-order chi connectivity index (χ0) is 14.0. The summed E-state index contributed by atoms with van der Waals surface area (Å²) in [6.45, 7) is 1.72. The molecule has 7 heteroatoms. The second-order valence-corrected chi connectivity index (χ2v) is 6.08. The molecule has 0 heterocycles. The summed E-state index contributed by atoms with van der Waals surface area (Å²) in [6, 6.07) is 3.50. The van der Waals surface area contributed by atoms with Crippen LogP contribution in [0.1, 0.15) is 12.5 Å². The normalized spacial score (nSPS) is 12.7. The summed E-state index contributed by atoms with van der Waals surface area (Å²) in [5.41, 5.74) is -1.05. The fraction of sp³-hybridized carbons (Fsp3) is 0.455. The zero-order valence-corrected chi connectivity index (χ0v) is 11.0. The first-order valence-electron chi connectivity index (χ1n) is 5.26. The summed E-state index contributed by atoms with van der Waals surface area (Å²) < 4.78 is 39.3. The zero-order valence-electron chi connectivity index (χ0n) is 10.1. The lowest BCUT2D eigenvalue weighted by Gasteiger charge is -2.25. The lowest BCUT2D eigenvalue weighted by Crippen LogP contribution is -2.51. The van der Waals surface area contributed by atoms with Crippen molar-refractivity contribution in [2.45, 2.75) is 24.3 Å². The van der Waals surface area contributed by atoms with Crippen LogP contribution in [0.15, 0.2) is 23.1 Å². The molecule has 1 rings (SSSR count). The Hall–Kier alpha value is -1.02. The van der Waals surface area contributed by atoms with Gasteiger partial charge in [-0.15, -0.1) is 0 Å². The quantitative estimate of drug-likeness (QED) is 0.715. The Labute approximate surface area is 105 Å². The highest BCUT2D eigenvalue weighted by molar-refractivity contribution is 7.89. The second kappa shape index (κ2) is 5.31. The van der Waals surface area contributed by atoms with E-state index in [4.69, 9.17) is 10.2 Å². The Morgan fingerprint density at radius 2 is 1.89 bits per heavy atom. The Morgan fingerprint density at radius 3 is 2.33 bits per heavy atom. The minimum atomic E-state index is -3.99. The van der Waals surface area contributed by atoms with Gasteiger partial charge in [0.15, 0.2) is 0 Å². The van der Waals surface area contributed by atoms with Crippen LogP contribution in [0, 0.1) is 12.7 Å². The van der Waals surface area contributed by atoms with E-state index in [0.29, 0.717) is 5.56 Å². The SMILES string of the molecule is Cc1ccc(S(=O)(=O)NC(C)(CO)CO)cc1F. The van der Waals surface area contributed by atoms with Crippen LogP contribution in [-0.4, -0.2) is 37.4 Å². The summed E-state index contributed by atoms with van der Waals surface area (Å²) in [4.78, 5) is -0.251. The molecule has 102 valence electrons. The third kappa shape index (κ3) is 3.26. The number of hydrogen-bond donors (Lipinski definition) is 3. The van der Waals surface area contributed by atoms with Crippen molar-refractivity contribution in [2.75, 3.05) is 13.2 Å². The largest absolute Gasteiger partial charge is 0.394 e. The van der Waals surface area contributed by atoms with Crippen LogP contribution in [0.3, 0.4) is 0 Å². The number of aryl methyl sites for hydroxylation is 1. The molecular formula is C11H16FNO4S. The highest BCUT2D eigenvalue weighted by Crippen LogP contribution is 2.16. The molecular weight excluding hydrogens is 261 g/mol. The molecule has 18 heavy (non-hydrogen) atoms. The van der Waals surface area contributed by atoms with Gasteiger partial charge in [-0.05, 0) is 31.5 Å². The van der Waals surface area contributed by atoms with E-state index >= 15 is 0 Å². The lowest BCUT2D eigenvalue weighted by molar-refractivity contribution is 0.122. The van der Waals surface area contributed by atoms with E-state index in [-0.39, 0.29) is 4.90 Å². The first-order chi connectivity index (χ1) is 8.24. The van der Waals surface area contributed by atoms with E-state index < -0.39 is 34.6 Å². The van der Waals surface area contributed by atoms with E-state index in [2.05, 4.69) is 4.72 Å². The van der Waals surface area contributed by atoms with Gasteiger partial charge < -0.3 is 10.2 Å². The molecule has 0 saturated carbocycles. The number of hydrogen-bond acceptors (Lipinski definition) is 4. The van der Waals surface area contributed by atoms with Crippen molar-refractivity contribution < 1.29 is 23.0 Å². The van der Waals surface area contributed by atoms with E-state index in [1.165, 1.54) is 26.0 Å². The van der Waals surface area contributed by atoms with Gasteiger partial charge in [0.2, 0.25) is 10.0 Å². The molecule has 0 spiro atoms. The van der Waals surface area contributed by atoms with Gasteiger partial charge >= 0.3 is 0 Å². The van der Waals surface area contributed by atoms with E-state index in [0.717, 1.165) is 6.07 Å². The average Bonchev–Trinajstić information content (AvgIpc) is 2.32. The van der Waals surface area contributed by atoms with Crippen molar-refractivity contribution in [1.82, 2.24) is 4.72 Å². The first-order valence-corrected chi connectivity index (χ1v) is 6.74. The first kappa shape index (κ1) is 15.0.